The molecule has 0 saturated carbocycles. The highest BCUT2D eigenvalue weighted by molar-refractivity contribution is 5.80. The molecule has 1 aromatic heterocycles. The number of nitrogens with zero attached hydrogens (tertiary/aromatic N) is 3. The third-order valence-corrected chi connectivity index (χ3v) is 1.95. The van der Waals surface area contributed by atoms with E-state index in [2.05, 4.69) is 15.4 Å². The van der Waals surface area contributed by atoms with E-state index in [1.165, 1.54) is 12.1 Å². The van der Waals surface area contributed by atoms with Gasteiger partial charge in [-0.25, -0.2) is 4.98 Å². The number of aromatic nitrogens is 1. The highest BCUT2D eigenvalue weighted by Crippen LogP contribution is 2.20. The zero-order valence-corrected chi connectivity index (χ0v) is 8.96. The van der Waals surface area contributed by atoms with Crippen LogP contribution in [-0.4, -0.2) is 22.3 Å². The van der Waals surface area contributed by atoms with Crippen LogP contribution in [0.25, 0.3) is 0 Å². The zero-order valence-electron chi connectivity index (χ0n) is 8.96. The molecule has 0 unspecified atom stereocenters. The van der Waals surface area contributed by atoms with Crippen molar-refractivity contribution < 1.29 is 4.92 Å². The van der Waals surface area contributed by atoms with Gasteiger partial charge in [0.05, 0.1) is 4.92 Å². The van der Waals surface area contributed by atoms with E-state index in [1.54, 1.807) is 0 Å². The van der Waals surface area contributed by atoms with E-state index in [1.807, 2.05) is 0 Å². The van der Waals surface area contributed by atoms with E-state index >= 15 is 0 Å². The summed E-state index contributed by atoms with van der Waals surface area (Å²) in [6, 6.07) is 2.75. The fraction of sp³-hybridized carbons (Fsp3) is 0.250. The van der Waals surface area contributed by atoms with Crippen LogP contribution in [0.2, 0.25) is 0 Å². The van der Waals surface area contributed by atoms with Crippen molar-refractivity contribution in [2.45, 2.75) is 6.42 Å². The van der Waals surface area contributed by atoms with Gasteiger partial charge in [-0.3, -0.25) is 10.1 Å². The van der Waals surface area contributed by atoms with Crippen molar-refractivity contribution in [1.29, 1.82) is 0 Å². The van der Waals surface area contributed by atoms with E-state index in [0.29, 0.717) is 24.6 Å². The molecule has 0 saturated heterocycles. The van der Waals surface area contributed by atoms with E-state index in [0.717, 1.165) is 0 Å². The van der Waals surface area contributed by atoms with Crippen molar-refractivity contribution in [2.24, 2.45) is 16.7 Å². The van der Waals surface area contributed by atoms with Gasteiger partial charge in [-0.1, -0.05) is 0 Å². The van der Waals surface area contributed by atoms with E-state index < -0.39 is 4.92 Å². The molecule has 92 valence electrons. The van der Waals surface area contributed by atoms with Crippen molar-refractivity contribution >= 4 is 23.2 Å². The molecule has 0 aliphatic carbocycles. The molecule has 0 amide bonds. The first-order valence-electron chi connectivity index (χ1n) is 4.71. The maximum Gasteiger partial charge on any atom is 0.311 e. The van der Waals surface area contributed by atoms with Gasteiger partial charge in [0.25, 0.3) is 0 Å². The summed E-state index contributed by atoms with van der Waals surface area (Å²) >= 11 is 0. The maximum absolute atomic E-state index is 10.5. The average molecular weight is 239 g/mol. The van der Waals surface area contributed by atoms with Gasteiger partial charge in [0.1, 0.15) is 11.7 Å². The number of amidine groups is 1. The molecule has 1 heterocycles. The maximum atomic E-state index is 10.5. The standard InChI is InChI=1S/C8H13N7O2/c9-6(14-11)3-4-12-7-2-1-5(15(16)17)8(10)13-7/h1-2H,3-4,11H2,(H2,9,14)(H3,10,12,13). The van der Waals surface area contributed by atoms with Gasteiger partial charge >= 0.3 is 5.69 Å². The van der Waals surface area contributed by atoms with Crippen molar-refractivity contribution in [3.8, 4) is 0 Å². The summed E-state index contributed by atoms with van der Waals surface area (Å²) in [5, 5.41) is 16.7. The summed E-state index contributed by atoms with van der Waals surface area (Å²) in [5.74, 6) is 5.54. The molecule has 0 radical (unpaired) electrons. The van der Waals surface area contributed by atoms with Crippen LogP contribution >= 0.6 is 0 Å². The normalized spacial score (nSPS) is 11.2. The lowest BCUT2D eigenvalue weighted by Crippen LogP contribution is -2.18. The number of nitro groups is 1. The van der Waals surface area contributed by atoms with Crippen LogP contribution in [-0.2, 0) is 0 Å². The monoisotopic (exact) mass is 239 g/mol. The van der Waals surface area contributed by atoms with Crippen molar-refractivity contribution in [3.63, 3.8) is 0 Å². The SMILES string of the molecule is NN=C(N)CCNc1ccc([N+](=O)[O-])c(N)n1. The first-order valence-corrected chi connectivity index (χ1v) is 4.71. The number of nitrogens with two attached hydrogens (primary N) is 3. The van der Waals surface area contributed by atoms with Gasteiger partial charge in [-0.05, 0) is 6.07 Å². The Bertz CT molecular complexity index is 445. The summed E-state index contributed by atoms with van der Waals surface area (Å²) in [7, 11) is 0. The number of hydrogen-bond acceptors (Lipinski definition) is 7. The Morgan fingerprint density at radius 2 is 2.29 bits per heavy atom. The molecule has 0 fully saturated rings. The third-order valence-electron chi connectivity index (χ3n) is 1.95. The number of anilines is 2. The van der Waals surface area contributed by atoms with Crippen LogP contribution in [0.3, 0.4) is 0 Å². The number of nitrogen functional groups attached to an aromatic ring is 1. The quantitative estimate of drug-likeness (QED) is 0.179. The molecule has 1 aromatic rings. The van der Waals surface area contributed by atoms with Gasteiger partial charge in [0.2, 0.25) is 5.82 Å². The van der Waals surface area contributed by atoms with Crippen LogP contribution in [0.5, 0.6) is 0 Å². The minimum absolute atomic E-state index is 0.138. The fourth-order valence-corrected chi connectivity index (χ4v) is 1.10. The fourth-order valence-electron chi connectivity index (χ4n) is 1.10. The first kappa shape index (κ1) is 12.5. The number of hydrogen-bond donors (Lipinski definition) is 4. The predicted octanol–water partition coefficient (Wildman–Crippen LogP) is -0.395. The lowest BCUT2D eigenvalue weighted by atomic mass is 10.3. The van der Waals surface area contributed by atoms with Gasteiger partial charge in [0.15, 0.2) is 0 Å². The second-order valence-corrected chi connectivity index (χ2v) is 3.16. The van der Waals surface area contributed by atoms with Crippen molar-refractivity contribution in [3.05, 3.63) is 22.2 Å². The molecular formula is C8H13N7O2. The summed E-state index contributed by atoms with van der Waals surface area (Å²) in [6.45, 7) is 0.455. The summed E-state index contributed by atoms with van der Waals surface area (Å²) in [5.41, 5.74) is 10.6. The van der Waals surface area contributed by atoms with Crippen LogP contribution in [0.15, 0.2) is 17.2 Å². The number of nitrogens with one attached hydrogen (secondary N) is 1. The van der Waals surface area contributed by atoms with E-state index in [9.17, 15) is 10.1 Å². The Kier molecular flexibility index (Phi) is 4.03. The molecule has 0 spiro atoms. The van der Waals surface area contributed by atoms with Crippen LogP contribution in [0.1, 0.15) is 6.42 Å². The third kappa shape index (κ3) is 3.48. The molecular weight excluding hydrogens is 226 g/mol. The average Bonchev–Trinajstić information content (AvgIpc) is 2.28. The van der Waals surface area contributed by atoms with E-state index in [4.69, 9.17) is 17.3 Å². The molecule has 1 rings (SSSR count). The van der Waals surface area contributed by atoms with Crippen LogP contribution < -0.4 is 22.6 Å². The number of hydrazone groups is 1. The Hall–Kier alpha value is -2.58. The van der Waals surface area contributed by atoms with Gasteiger partial charge in [-0.2, -0.15) is 5.10 Å². The zero-order chi connectivity index (χ0) is 12.8. The predicted molar refractivity (Wildman–Crippen MR) is 64.2 cm³/mol. The summed E-state index contributed by atoms with van der Waals surface area (Å²) in [4.78, 5) is 13.7. The molecule has 0 bridgehead atoms. The molecule has 17 heavy (non-hydrogen) atoms. The second kappa shape index (κ2) is 5.49. The molecule has 7 N–H and O–H groups in total. The molecule has 0 atom stereocenters. The van der Waals surface area contributed by atoms with Gasteiger partial charge < -0.3 is 22.6 Å². The lowest BCUT2D eigenvalue weighted by molar-refractivity contribution is -0.384. The summed E-state index contributed by atoms with van der Waals surface area (Å²) in [6.07, 6.45) is 0.440. The Balaban J connectivity index is 2.62. The second-order valence-electron chi connectivity index (χ2n) is 3.16. The summed E-state index contributed by atoms with van der Waals surface area (Å²) < 4.78 is 0. The van der Waals surface area contributed by atoms with Crippen LogP contribution in [0, 0.1) is 10.1 Å². The number of pyridine rings is 1. The van der Waals surface area contributed by atoms with Crippen LogP contribution in [0.4, 0.5) is 17.3 Å². The van der Waals surface area contributed by atoms with Gasteiger partial charge in [0, 0.05) is 19.0 Å². The smallest absolute Gasteiger partial charge is 0.311 e. The van der Waals surface area contributed by atoms with Crippen molar-refractivity contribution in [1.82, 2.24) is 4.98 Å². The highest BCUT2D eigenvalue weighted by atomic mass is 16.6. The minimum Gasteiger partial charge on any atom is -0.386 e. The first-order chi connectivity index (χ1) is 8.04. The molecule has 9 heteroatoms. The number of rotatable bonds is 5. The van der Waals surface area contributed by atoms with Crippen molar-refractivity contribution in [2.75, 3.05) is 17.6 Å². The lowest BCUT2D eigenvalue weighted by Gasteiger charge is -2.05. The molecule has 0 aromatic carbocycles. The topological polar surface area (TPSA) is 158 Å². The largest absolute Gasteiger partial charge is 0.386 e. The molecule has 0 aliphatic heterocycles. The highest BCUT2D eigenvalue weighted by Gasteiger charge is 2.12. The van der Waals surface area contributed by atoms with E-state index in [-0.39, 0.29) is 11.5 Å². The Morgan fingerprint density at radius 3 is 2.82 bits per heavy atom. The molecule has 0 aliphatic rings. The minimum atomic E-state index is -0.592. The Morgan fingerprint density at radius 1 is 1.59 bits per heavy atom. The molecule has 9 nitrogen and oxygen atoms in total. The van der Waals surface area contributed by atoms with Gasteiger partial charge in [-0.15, -0.1) is 0 Å². The Labute approximate surface area is 96.8 Å².